The van der Waals surface area contributed by atoms with Crippen LogP contribution < -0.4 is 15.4 Å². The van der Waals surface area contributed by atoms with E-state index in [-0.39, 0.29) is 24.2 Å². The van der Waals surface area contributed by atoms with Crippen molar-refractivity contribution in [3.05, 3.63) is 35.2 Å². The summed E-state index contributed by atoms with van der Waals surface area (Å²) in [5, 5.41) is 15.0. The molecule has 1 aliphatic rings. The first-order valence-electron chi connectivity index (χ1n) is 13.7. The van der Waals surface area contributed by atoms with Gasteiger partial charge in [-0.2, -0.15) is 0 Å². The molecule has 2 rings (SSSR count). The Labute approximate surface area is 232 Å². The van der Waals surface area contributed by atoms with Gasteiger partial charge in [-0.25, -0.2) is 9.59 Å². The number of amides is 3. The molecule has 2 atom stereocenters. The number of likely N-dealkylation sites (tertiary alicyclic amines) is 1. The number of carbonyl (C=O) groups is 3. The Bertz CT molecular complexity index is 965. The van der Waals surface area contributed by atoms with Crippen LogP contribution in [0.2, 0.25) is 0 Å². The summed E-state index contributed by atoms with van der Waals surface area (Å²) in [7, 11) is 1.28. The average molecular weight is 546 g/mol. The number of urea groups is 1. The number of rotatable bonds is 10. The summed E-state index contributed by atoms with van der Waals surface area (Å²) in [6.45, 7) is 13.0. The minimum Gasteiger partial charge on any atom is -0.494 e. The first-order chi connectivity index (χ1) is 18.3. The van der Waals surface area contributed by atoms with Crippen LogP contribution in [0.1, 0.15) is 66.4 Å². The number of esters is 1. The van der Waals surface area contributed by atoms with E-state index in [4.69, 9.17) is 14.2 Å². The molecule has 0 aromatic heterocycles. The largest absolute Gasteiger partial charge is 0.494 e. The van der Waals surface area contributed by atoms with Crippen molar-refractivity contribution in [3.8, 4) is 5.75 Å². The van der Waals surface area contributed by atoms with Crippen LogP contribution in [0.5, 0.6) is 5.75 Å². The van der Waals surface area contributed by atoms with E-state index in [0.717, 1.165) is 30.6 Å². The van der Waals surface area contributed by atoms with Crippen LogP contribution in [-0.2, 0) is 20.7 Å². The summed E-state index contributed by atoms with van der Waals surface area (Å²) in [5.74, 6) is 1.03. The Morgan fingerprint density at radius 1 is 1.08 bits per heavy atom. The molecule has 1 saturated heterocycles. The number of nitrogens with zero attached hydrogens (tertiary/aromatic N) is 2. The van der Waals surface area contributed by atoms with Gasteiger partial charge in [0.05, 0.1) is 13.7 Å². The fraction of sp³-hybridized carbons (Fsp3) is 0.655. The molecule has 1 unspecified atom stereocenters. The topological polar surface area (TPSA) is 128 Å². The molecule has 0 radical (unpaired) electrons. The van der Waals surface area contributed by atoms with Gasteiger partial charge in [-0.05, 0) is 75.5 Å². The van der Waals surface area contributed by atoms with E-state index < -0.39 is 23.7 Å². The van der Waals surface area contributed by atoms with E-state index in [0.29, 0.717) is 31.5 Å². The first-order valence-corrected chi connectivity index (χ1v) is 13.7. The van der Waals surface area contributed by atoms with E-state index in [1.165, 1.54) is 7.11 Å². The summed E-state index contributed by atoms with van der Waals surface area (Å²) >= 11 is 0. The lowest BCUT2D eigenvalue weighted by atomic mass is 9.84. The minimum atomic E-state index is -0.867. The van der Waals surface area contributed by atoms with Gasteiger partial charge in [-0.15, -0.1) is 0 Å². The van der Waals surface area contributed by atoms with Gasteiger partial charge in [0, 0.05) is 19.5 Å². The lowest BCUT2D eigenvalue weighted by Gasteiger charge is -2.37. The first kappa shape index (κ1) is 31.9. The van der Waals surface area contributed by atoms with Crippen molar-refractivity contribution in [2.24, 2.45) is 17.8 Å². The van der Waals surface area contributed by atoms with Gasteiger partial charge >= 0.3 is 12.1 Å². The molecule has 39 heavy (non-hydrogen) atoms. The monoisotopic (exact) mass is 545 g/mol. The van der Waals surface area contributed by atoms with Crippen molar-refractivity contribution >= 4 is 23.9 Å². The Balaban J connectivity index is 1.78. The van der Waals surface area contributed by atoms with E-state index in [2.05, 4.69) is 17.6 Å². The van der Waals surface area contributed by atoms with Gasteiger partial charge < -0.3 is 35.2 Å². The van der Waals surface area contributed by atoms with Crippen LogP contribution in [0.25, 0.3) is 5.41 Å². The predicted octanol–water partition coefficient (Wildman–Crippen LogP) is 4.75. The molecule has 1 aliphatic heterocycles. The highest BCUT2D eigenvalue weighted by atomic mass is 16.6. The molecule has 1 aromatic rings. The lowest BCUT2D eigenvalue weighted by molar-refractivity contribution is -0.143. The van der Waals surface area contributed by atoms with Crippen LogP contribution in [0, 0.1) is 17.8 Å². The SMILES string of the molecule is COC(=O)C(Cc1ccc(OCC[C@@H](C)C2CCN(C(=O)NC(=[N-])C(C)C)CC2)cc1)NC(=O)OC(C)(C)C. The number of carbonyl (C=O) groups excluding carboxylic acids is 3. The second-order valence-electron chi connectivity index (χ2n) is 11.5. The summed E-state index contributed by atoms with van der Waals surface area (Å²) in [5.41, 5.74) is 0.170. The number of amidine groups is 1. The molecule has 0 aliphatic carbocycles. The van der Waals surface area contributed by atoms with Gasteiger partial charge in [0.25, 0.3) is 0 Å². The third kappa shape index (κ3) is 11.1. The van der Waals surface area contributed by atoms with Crippen LogP contribution in [0.3, 0.4) is 0 Å². The van der Waals surface area contributed by atoms with Crippen molar-refractivity contribution in [1.29, 1.82) is 0 Å². The van der Waals surface area contributed by atoms with Crippen LogP contribution in [0.15, 0.2) is 24.3 Å². The Hall–Kier alpha value is -3.30. The molecule has 10 heteroatoms. The highest BCUT2D eigenvalue weighted by molar-refractivity contribution is 6.00. The number of piperidine rings is 1. The molecular weight excluding hydrogens is 500 g/mol. The Morgan fingerprint density at radius 2 is 1.69 bits per heavy atom. The molecule has 10 nitrogen and oxygen atoms in total. The molecule has 2 N–H and O–H groups in total. The maximum Gasteiger partial charge on any atom is 0.408 e. The van der Waals surface area contributed by atoms with Crippen molar-refractivity contribution < 1.29 is 28.6 Å². The maximum atomic E-state index is 12.3. The quantitative estimate of drug-likeness (QED) is 0.248. The van der Waals surface area contributed by atoms with Crippen LogP contribution >= 0.6 is 0 Å². The second kappa shape index (κ2) is 14.7. The zero-order valence-electron chi connectivity index (χ0n) is 24.4. The van der Waals surface area contributed by atoms with Gasteiger partial charge in [-0.3, -0.25) is 4.79 Å². The lowest BCUT2D eigenvalue weighted by Crippen LogP contribution is -2.47. The summed E-state index contributed by atoms with van der Waals surface area (Å²) in [4.78, 5) is 38.4. The van der Waals surface area contributed by atoms with E-state index in [1.54, 1.807) is 25.7 Å². The van der Waals surface area contributed by atoms with Gasteiger partial charge in [0.15, 0.2) is 0 Å². The molecule has 0 bridgehead atoms. The molecule has 3 amide bonds. The zero-order valence-corrected chi connectivity index (χ0v) is 24.4. The van der Waals surface area contributed by atoms with Crippen molar-refractivity contribution in [1.82, 2.24) is 15.5 Å². The molecule has 1 aromatic carbocycles. The van der Waals surface area contributed by atoms with Crippen LogP contribution in [0.4, 0.5) is 9.59 Å². The molecule has 1 fully saturated rings. The van der Waals surface area contributed by atoms with E-state index in [9.17, 15) is 19.8 Å². The Kier molecular flexibility index (Phi) is 12.1. The second-order valence-corrected chi connectivity index (χ2v) is 11.5. The number of hydrogen-bond acceptors (Lipinski definition) is 6. The zero-order chi connectivity index (χ0) is 29.2. The summed E-state index contributed by atoms with van der Waals surface area (Å²) in [6, 6.07) is 6.32. The molecule has 0 spiro atoms. The third-order valence-electron chi connectivity index (χ3n) is 6.80. The molecule has 218 valence electrons. The molecule has 1 heterocycles. The van der Waals surface area contributed by atoms with Crippen molar-refractivity contribution in [3.63, 3.8) is 0 Å². The number of hydrogen-bond donors (Lipinski definition) is 2. The van der Waals surface area contributed by atoms with E-state index in [1.807, 2.05) is 38.1 Å². The Morgan fingerprint density at radius 3 is 2.23 bits per heavy atom. The maximum absolute atomic E-state index is 12.3. The van der Waals surface area contributed by atoms with Gasteiger partial charge in [-0.1, -0.05) is 38.7 Å². The normalized spacial score (nSPS) is 15.7. The fourth-order valence-corrected chi connectivity index (χ4v) is 4.35. The highest BCUT2D eigenvalue weighted by Gasteiger charge is 2.26. The number of nitrogens with one attached hydrogen (secondary N) is 2. The molecular formula is C29H45N4O6-. The number of methoxy groups -OCH3 is 1. The molecule has 0 saturated carbocycles. The minimum absolute atomic E-state index is 0.00132. The predicted molar refractivity (Wildman–Crippen MR) is 151 cm³/mol. The van der Waals surface area contributed by atoms with Crippen LogP contribution in [-0.4, -0.2) is 67.3 Å². The van der Waals surface area contributed by atoms with Crippen molar-refractivity contribution in [2.45, 2.75) is 78.9 Å². The standard InChI is InChI=1S/C29H45N4O6/c1-19(2)25(30)32-27(35)33-15-12-22(13-16-33)20(3)14-17-38-23-10-8-21(9-11-23)18-24(26(34)37-7)31-28(36)39-29(4,5)6/h8-11,19-20,22,24H,12-18H2,1-7H3,(H2-,30,31,32,35,36)/q-1/t20-,24?/m1/s1. The summed E-state index contributed by atoms with van der Waals surface area (Å²) < 4.78 is 16.0. The number of alkyl carbamates (subject to hydrolysis) is 1. The van der Waals surface area contributed by atoms with Crippen molar-refractivity contribution in [2.75, 3.05) is 26.8 Å². The van der Waals surface area contributed by atoms with Gasteiger partial charge in [0.2, 0.25) is 6.03 Å². The van der Waals surface area contributed by atoms with E-state index >= 15 is 0 Å². The highest BCUT2D eigenvalue weighted by Crippen LogP contribution is 2.27. The summed E-state index contributed by atoms with van der Waals surface area (Å²) in [6.07, 6.45) is 2.32. The third-order valence-corrected chi connectivity index (χ3v) is 6.80. The fourth-order valence-electron chi connectivity index (χ4n) is 4.35. The smallest absolute Gasteiger partial charge is 0.408 e. The number of benzene rings is 1. The van der Waals surface area contributed by atoms with Gasteiger partial charge in [0.1, 0.15) is 17.4 Å². The number of ether oxygens (including phenoxy) is 3. The average Bonchev–Trinajstić information content (AvgIpc) is 2.87.